The maximum Gasteiger partial charge on any atom is 0.288 e. The van der Waals surface area contributed by atoms with E-state index in [-0.39, 0.29) is 22.2 Å². The first-order chi connectivity index (χ1) is 11.0. The Morgan fingerprint density at radius 2 is 2.22 bits per heavy atom. The summed E-state index contributed by atoms with van der Waals surface area (Å²) in [5, 5.41) is 10.9. The van der Waals surface area contributed by atoms with Gasteiger partial charge < -0.3 is 14.1 Å². The molecule has 1 heterocycles. The van der Waals surface area contributed by atoms with Crippen LogP contribution in [0, 0.1) is 10.1 Å². The van der Waals surface area contributed by atoms with Gasteiger partial charge in [0.15, 0.2) is 0 Å². The Labute approximate surface area is 137 Å². The summed E-state index contributed by atoms with van der Waals surface area (Å²) in [5.41, 5.74) is 0.714. The Bertz CT molecular complexity index is 687. The van der Waals surface area contributed by atoms with Gasteiger partial charge in [0, 0.05) is 37.4 Å². The van der Waals surface area contributed by atoms with E-state index in [9.17, 15) is 14.9 Å². The quantitative estimate of drug-likeness (QED) is 0.572. The Hall–Kier alpha value is -2.38. The van der Waals surface area contributed by atoms with Crippen LogP contribution in [-0.4, -0.2) is 36.0 Å². The van der Waals surface area contributed by atoms with Gasteiger partial charge in [0.05, 0.1) is 24.1 Å². The zero-order valence-electron chi connectivity index (χ0n) is 12.4. The van der Waals surface area contributed by atoms with Gasteiger partial charge in [-0.2, -0.15) is 0 Å². The average molecular weight is 339 g/mol. The highest BCUT2D eigenvalue weighted by molar-refractivity contribution is 6.32. The summed E-state index contributed by atoms with van der Waals surface area (Å²) >= 11 is 5.78. The zero-order valence-corrected chi connectivity index (χ0v) is 13.2. The van der Waals surface area contributed by atoms with Crippen LogP contribution in [0.5, 0.6) is 0 Å². The van der Waals surface area contributed by atoms with Gasteiger partial charge in [0.25, 0.3) is 11.6 Å². The molecule has 122 valence electrons. The van der Waals surface area contributed by atoms with Gasteiger partial charge in [-0.3, -0.25) is 14.9 Å². The molecule has 0 fully saturated rings. The normalized spacial score (nSPS) is 10.5. The SMILES string of the molecule is COCCN(Cc1ccoc1)C(=O)c1ccc(Cl)c([N+](=O)[O-])c1. The molecule has 1 aromatic heterocycles. The second-order valence-electron chi connectivity index (χ2n) is 4.77. The second-order valence-corrected chi connectivity index (χ2v) is 5.18. The third kappa shape index (κ3) is 4.30. The van der Waals surface area contributed by atoms with Crippen LogP contribution >= 0.6 is 11.6 Å². The van der Waals surface area contributed by atoms with Crippen LogP contribution in [0.15, 0.2) is 41.2 Å². The molecule has 0 unspecified atom stereocenters. The van der Waals surface area contributed by atoms with Gasteiger partial charge >= 0.3 is 0 Å². The molecule has 0 aliphatic rings. The lowest BCUT2D eigenvalue weighted by Crippen LogP contribution is -2.33. The molecule has 2 rings (SSSR count). The van der Waals surface area contributed by atoms with Crippen LogP contribution < -0.4 is 0 Å². The van der Waals surface area contributed by atoms with E-state index in [1.54, 1.807) is 6.07 Å². The number of furan rings is 1. The van der Waals surface area contributed by atoms with Gasteiger partial charge in [-0.1, -0.05) is 11.6 Å². The van der Waals surface area contributed by atoms with Crippen molar-refractivity contribution in [1.82, 2.24) is 4.90 Å². The fourth-order valence-corrected chi connectivity index (χ4v) is 2.21. The maximum absolute atomic E-state index is 12.6. The van der Waals surface area contributed by atoms with Crippen molar-refractivity contribution < 1.29 is 18.9 Å². The minimum absolute atomic E-state index is 0.00942. The smallest absolute Gasteiger partial charge is 0.288 e. The first-order valence-corrected chi connectivity index (χ1v) is 7.14. The molecule has 1 aromatic carbocycles. The molecular formula is C15H15ClN2O5. The van der Waals surface area contributed by atoms with Crippen LogP contribution in [0.2, 0.25) is 5.02 Å². The number of carbonyl (C=O) groups is 1. The number of nitro benzene ring substituents is 1. The van der Waals surface area contributed by atoms with Crippen molar-refractivity contribution in [2.75, 3.05) is 20.3 Å². The summed E-state index contributed by atoms with van der Waals surface area (Å²) in [7, 11) is 1.54. The molecule has 0 saturated carbocycles. The monoisotopic (exact) mass is 338 g/mol. The molecule has 0 aliphatic carbocycles. The molecule has 0 radical (unpaired) electrons. The minimum Gasteiger partial charge on any atom is -0.472 e. The Kier molecular flexibility index (Phi) is 5.72. The molecule has 0 N–H and O–H groups in total. The summed E-state index contributed by atoms with van der Waals surface area (Å²) < 4.78 is 10.0. The predicted octanol–water partition coefficient (Wildman–Crippen LogP) is 3.13. The van der Waals surface area contributed by atoms with E-state index in [2.05, 4.69) is 0 Å². The molecule has 0 saturated heterocycles. The molecule has 1 amide bonds. The molecule has 7 nitrogen and oxygen atoms in total. The zero-order chi connectivity index (χ0) is 16.8. The summed E-state index contributed by atoms with van der Waals surface area (Å²) in [6.45, 7) is 1.01. The van der Waals surface area contributed by atoms with Crippen molar-refractivity contribution >= 4 is 23.2 Å². The van der Waals surface area contributed by atoms with E-state index in [0.717, 1.165) is 5.56 Å². The summed E-state index contributed by atoms with van der Waals surface area (Å²) in [6.07, 6.45) is 3.05. The van der Waals surface area contributed by atoms with Crippen LogP contribution in [0.25, 0.3) is 0 Å². The lowest BCUT2D eigenvalue weighted by atomic mass is 10.1. The maximum atomic E-state index is 12.6. The number of nitro groups is 1. The van der Waals surface area contributed by atoms with Gasteiger partial charge in [0.2, 0.25) is 0 Å². The Morgan fingerprint density at radius 1 is 1.43 bits per heavy atom. The van der Waals surface area contributed by atoms with E-state index >= 15 is 0 Å². The number of hydrogen-bond acceptors (Lipinski definition) is 5. The molecule has 8 heteroatoms. The Morgan fingerprint density at radius 3 is 2.83 bits per heavy atom. The number of amides is 1. The van der Waals surface area contributed by atoms with Crippen molar-refractivity contribution in [3.05, 3.63) is 63.1 Å². The topological polar surface area (TPSA) is 85.8 Å². The summed E-state index contributed by atoms with van der Waals surface area (Å²) in [6, 6.07) is 5.74. The fraction of sp³-hybridized carbons (Fsp3) is 0.267. The molecule has 2 aromatic rings. The predicted molar refractivity (Wildman–Crippen MR) is 83.4 cm³/mol. The van der Waals surface area contributed by atoms with E-state index in [0.29, 0.717) is 19.7 Å². The number of halogens is 1. The molecular weight excluding hydrogens is 324 g/mol. The van der Waals surface area contributed by atoms with E-state index in [1.807, 2.05) is 0 Å². The van der Waals surface area contributed by atoms with Gasteiger partial charge in [-0.25, -0.2) is 0 Å². The van der Waals surface area contributed by atoms with Crippen molar-refractivity contribution in [3.8, 4) is 0 Å². The van der Waals surface area contributed by atoms with E-state index in [1.165, 1.54) is 42.7 Å². The van der Waals surface area contributed by atoms with Gasteiger partial charge in [0.1, 0.15) is 5.02 Å². The third-order valence-corrected chi connectivity index (χ3v) is 3.52. The number of nitrogens with zero attached hydrogens (tertiary/aromatic N) is 2. The minimum atomic E-state index is -0.616. The standard InChI is InChI=1S/C15H15ClN2O5/c1-22-7-5-17(9-11-4-6-23-10-11)15(19)12-2-3-13(16)14(8-12)18(20)21/h2-4,6,8,10H,5,7,9H2,1H3. The largest absolute Gasteiger partial charge is 0.472 e. The third-order valence-electron chi connectivity index (χ3n) is 3.20. The molecule has 0 spiro atoms. The van der Waals surface area contributed by atoms with Crippen molar-refractivity contribution in [2.45, 2.75) is 6.54 Å². The van der Waals surface area contributed by atoms with E-state index < -0.39 is 4.92 Å². The van der Waals surface area contributed by atoms with Gasteiger partial charge in [-0.05, 0) is 18.2 Å². The van der Waals surface area contributed by atoms with E-state index in [4.69, 9.17) is 20.8 Å². The van der Waals surface area contributed by atoms with Crippen LogP contribution in [0.4, 0.5) is 5.69 Å². The number of carbonyl (C=O) groups excluding carboxylic acids is 1. The number of benzene rings is 1. The van der Waals surface area contributed by atoms with Crippen LogP contribution in [0.3, 0.4) is 0 Å². The highest BCUT2D eigenvalue weighted by Gasteiger charge is 2.21. The van der Waals surface area contributed by atoms with Gasteiger partial charge in [-0.15, -0.1) is 0 Å². The summed E-state index contributed by atoms with van der Waals surface area (Å²) in [4.78, 5) is 24.5. The molecule has 0 aliphatic heterocycles. The van der Waals surface area contributed by atoms with Crippen molar-refractivity contribution in [3.63, 3.8) is 0 Å². The number of methoxy groups -OCH3 is 1. The first kappa shape index (κ1) is 17.0. The van der Waals surface area contributed by atoms with Crippen LogP contribution in [0.1, 0.15) is 15.9 Å². The lowest BCUT2D eigenvalue weighted by Gasteiger charge is -2.21. The lowest BCUT2D eigenvalue weighted by molar-refractivity contribution is -0.384. The first-order valence-electron chi connectivity index (χ1n) is 6.76. The molecule has 0 bridgehead atoms. The van der Waals surface area contributed by atoms with Crippen molar-refractivity contribution in [1.29, 1.82) is 0 Å². The average Bonchev–Trinajstić information content (AvgIpc) is 3.04. The fourth-order valence-electron chi connectivity index (χ4n) is 2.03. The van der Waals surface area contributed by atoms with Crippen molar-refractivity contribution in [2.24, 2.45) is 0 Å². The van der Waals surface area contributed by atoms with Crippen LogP contribution in [-0.2, 0) is 11.3 Å². The second kappa shape index (κ2) is 7.75. The Balaban J connectivity index is 2.25. The highest BCUT2D eigenvalue weighted by Crippen LogP contribution is 2.26. The molecule has 0 atom stereocenters. The highest BCUT2D eigenvalue weighted by atomic mass is 35.5. The number of ether oxygens (including phenoxy) is 1. The molecule has 23 heavy (non-hydrogen) atoms. The summed E-state index contributed by atoms with van der Waals surface area (Å²) in [5.74, 6) is -0.344. The number of rotatable bonds is 7. The number of hydrogen-bond donors (Lipinski definition) is 0.